The number of nitrogens with zero attached hydrogens (tertiary/aromatic N) is 1. The Labute approximate surface area is 164 Å². The number of methoxy groups -OCH3 is 1. The van der Waals surface area contributed by atoms with E-state index in [1.807, 2.05) is 60.9 Å². The number of para-hydroxylation sites is 1. The van der Waals surface area contributed by atoms with E-state index in [1.54, 1.807) is 24.9 Å². The number of aliphatic imine (C=N–C) groups is 1. The van der Waals surface area contributed by atoms with Crippen molar-refractivity contribution in [3.05, 3.63) is 78.4 Å². The van der Waals surface area contributed by atoms with Gasteiger partial charge in [-0.05, 0) is 36.6 Å². The fourth-order valence-electron chi connectivity index (χ4n) is 3.40. The lowest BCUT2D eigenvalue weighted by atomic mass is 9.77. The lowest BCUT2D eigenvalue weighted by Crippen LogP contribution is -2.40. The molecule has 1 aliphatic rings. The molecule has 2 aromatic carbocycles. The van der Waals surface area contributed by atoms with Crippen LogP contribution in [0.15, 0.2) is 72.2 Å². The monoisotopic (exact) mass is 381 g/mol. The predicted molar refractivity (Wildman–Crippen MR) is 111 cm³/mol. The Bertz CT molecular complexity index is 850. The van der Waals surface area contributed by atoms with E-state index in [4.69, 9.17) is 14.5 Å². The van der Waals surface area contributed by atoms with Crippen LogP contribution in [0.4, 0.5) is 0 Å². The van der Waals surface area contributed by atoms with E-state index in [2.05, 4.69) is 6.58 Å². The quantitative estimate of drug-likeness (QED) is 0.500. The van der Waals surface area contributed by atoms with E-state index in [-0.39, 0.29) is 11.9 Å². The molecular formula is C22H23NO3S. The van der Waals surface area contributed by atoms with E-state index >= 15 is 0 Å². The molecule has 3 rings (SSSR count). The van der Waals surface area contributed by atoms with Crippen molar-refractivity contribution < 1.29 is 14.3 Å². The van der Waals surface area contributed by atoms with Crippen LogP contribution in [-0.4, -0.2) is 36.5 Å². The lowest BCUT2D eigenvalue weighted by molar-refractivity contribution is -0.139. The zero-order chi connectivity index (χ0) is 19.3. The van der Waals surface area contributed by atoms with Gasteiger partial charge in [-0.1, -0.05) is 42.5 Å². The van der Waals surface area contributed by atoms with E-state index < -0.39 is 5.54 Å². The molecule has 0 fully saturated rings. The third-order valence-electron chi connectivity index (χ3n) is 4.78. The van der Waals surface area contributed by atoms with E-state index in [1.165, 1.54) is 0 Å². The van der Waals surface area contributed by atoms with Crippen molar-refractivity contribution in [3.8, 4) is 5.75 Å². The van der Waals surface area contributed by atoms with Gasteiger partial charge in [0.1, 0.15) is 5.75 Å². The average molecular weight is 381 g/mol. The normalized spacial score (nSPS) is 19.9. The molecule has 0 saturated heterocycles. The molecule has 0 spiro atoms. The lowest BCUT2D eigenvalue weighted by Gasteiger charge is -2.30. The van der Waals surface area contributed by atoms with E-state index in [9.17, 15) is 4.79 Å². The topological polar surface area (TPSA) is 47.9 Å². The van der Waals surface area contributed by atoms with Crippen LogP contribution < -0.4 is 4.74 Å². The zero-order valence-corrected chi connectivity index (χ0v) is 16.4. The van der Waals surface area contributed by atoms with Gasteiger partial charge in [0.05, 0.1) is 7.11 Å². The summed E-state index contributed by atoms with van der Waals surface area (Å²) in [6.45, 7) is 4.00. The number of hydrogen-bond acceptors (Lipinski definition) is 5. The zero-order valence-electron chi connectivity index (χ0n) is 15.6. The van der Waals surface area contributed by atoms with Crippen LogP contribution in [0, 0.1) is 0 Å². The van der Waals surface area contributed by atoms with Crippen molar-refractivity contribution in [1.82, 2.24) is 0 Å². The number of ether oxygens (including phenoxy) is 2. The predicted octanol–water partition coefficient (Wildman–Crippen LogP) is 4.46. The highest BCUT2D eigenvalue weighted by Crippen LogP contribution is 2.44. The molecule has 140 valence electrons. The number of carbonyl (C=O) groups is 1. The number of rotatable bonds is 8. The maximum absolute atomic E-state index is 13.1. The molecule has 0 aliphatic carbocycles. The molecule has 0 radical (unpaired) electrons. The highest BCUT2D eigenvalue weighted by molar-refractivity contribution is 7.98. The van der Waals surface area contributed by atoms with Crippen LogP contribution in [-0.2, 0) is 9.53 Å². The van der Waals surface area contributed by atoms with Gasteiger partial charge in [-0.25, -0.2) is 9.79 Å². The van der Waals surface area contributed by atoms with Gasteiger partial charge in [-0.15, -0.1) is 6.58 Å². The number of cyclic esters (lactones) is 1. The molecule has 5 heteroatoms. The molecule has 0 saturated carbocycles. The van der Waals surface area contributed by atoms with Crippen molar-refractivity contribution in [1.29, 1.82) is 0 Å². The molecule has 0 bridgehead atoms. The molecule has 0 amide bonds. The molecular weight excluding hydrogens is 358 g/mol. The number of esters is 1. The standard InChI is InChI=1S/C22H23NO3S/c1-4-18(17-12-8-9-13-19(17)25-2)22(14-15-27-3)21(24)26-20(23-22)16-10-6-5-7-11-16/h4-13,18H,1,14-15H2,2-3H3/t18-,22+/m1/s1. The minimum atomic E-state index is -1.05. The van der Waals surface area contributed by atoms with E-state index in [0.717, 1.165) is 16.9 Å². The average Bonchev–Trinajstić information content (AvgIpc) is 3.05. The fourth-order valence-corrected chi connectivity index (χ4v) is 3.92. The van der Waals surface area contributed by atoms with Crippen molar-refractivity contribution in [2.24, 2.45) is 4.99 Å². The molecule has 1 heterocycles. The Morgan fingerprint density at radius 1 is 1.22 bits per heavy atom. The molecule has 2 aromatic rings. The number of hydrogen-bond donors (Lipinski definition) is 0. The highest BCUT2D eigenvalue weighted by atomic mass is 32.2. The summed E-state index contributed by atoms with van der Waals surface area (Å²) >= 11 is 1.68. The van der Waals surface area contributed by atoms with Crippen LogP contribution in [0.1, 0.15) is 23.5 Å². The van der Waals surface area contributed by atoms with Gasteiger partial charge in [0.15, 0.2) is 5.54 Å². The van der Waals surface area contributed by atoms with Gasteiger partial charge in [0, 0.05) is 17.0 Å². The van der Waals surface area contributed by atoms with Crippen LogP contribution in [0.3, 0.4) is 0 Å². The second-order valence-corrected chi connectivity index (χ2v) is 7.28. The summed E-state index contributed by atoms with van der Waals surface area (Å²) in [5.74, 6) is 1.16. The van der Waals surface area contributed by atoms with Crippen LogP contribution in [0.25, 0.3) is 0 Å². The van der Waals surface area contributed by atoms with Crippen LogP contribution in [0.2, 0.25) is 0 Å². The molecule has 4 nitrogen and oxygen atoms in total. The number of thioether (sulfide) groups is 1. The molecule has 27 heavy (non-hydrogen) atoms. The smallest absolute Gasteiger partial charge is 0.341 e. The van der Waals surface area contributed by atoms with Gasteiger partial charge >= 0.3 is 5.97 Å². The highest BCUT2D eigenvalue weighted by Gasteiger charge is 2.51. The Kier molecular flexibility index (Phi) is 6.01. The number of benzene rings is 2. The Morgan fingerprint density at radius 2 is 1.93 bits per heavy atom. The number of carbonyl (C=O) groups excluding carboxylic acids is 1. The van der Waals surface area contributed by atoms with Crippen LogP contribution >= 0.6 is 11.8 Å². The van der Waals surface area contributed by atoms with Gasteiger partial charge in [0.25, 0.3) is 0 Å². The largest absolute Gasteiger partial charge is 0.496 e. The van der Waals surface area contributed by atoms with Crippen molar-refractivity contribution >= 4 is 23.6 Å². The first-order valence-corrected chi connectivity index (χ1v) is 10.2. The van der Waals surface area contributed by atoms with Gasteiger partial charge in [-0.3, -0.25) is 0 Å². The van der Waals surface area contributed by atoms with E-state index in [0.29, 0.717) is 18.1 Å². The van der Waals surface area contributed by atoms with Gasteiger partial charge < -0.3 is 9.47 Å². The summed E-state index contributed by atoms with van der Waals surface area (Å²) < 4.78 is 11.2. The van der Waals surface area contributed by atoms with Gasteiger partial charge in [0.2, 0.25) is 5.90 Å². The molecule has 0 unspecified atom stereocenters. The maximum atomic E-state index is 13.1. The molecule has 0 aromatic heterocycles. The summed E-state index contributed by atoms with van der Waals surface area (Å²) in [6, 6.07) is 17.2. The second-order valence-electron chi connectivity index (χ2n) is 6.29. The summed E-state index contributed by atoms with van der Waals surface area (Å²) in [6.07, 6.45) is 4.34. The summed E-state index contributed by atoms with van der Waals surface area (Å²) in [5, 5.41) is 0. The van der Waals surface area contributed by atoms with Crippen molar-refractivity contribution in [2.45, 2.75) is 17.9 Å². The SMILES string of the molecule is C=C[C@H](c1ccccc1OC)[C@]1(CCSC)N=C(c2ccccc2)OC1=O. The van der Waals surface area contributed by atoms with Crippen molar-refractivity contribution in [3.63, 3.8) is 0 Å². The first kappa shape index (κ1) is 19.2. The Morgan fingerprint density at radius 3 is 2.59 bits per heavy atom. The summed E-state index contributed by atoms with van der Waals surface area (Å²) in [7, 11) is 1.62. The first-order chi connectivity index (χ1) is 13.2. The first-order valence-electron chi connectivity index (χ1n) is 8.78. The third kappa shape index (κ3) is 3.65. The fraction of sp³-hybridized carbons (Fsp3) is 0.273. The Balaban J connectivity index is 2.12. The second kappa shape index (κ2) is 8.44. The molecule has 2 atom stereocenters. The Hall–Kier alpha value is -2.53. The summed E-state index contributed by atoms with van der Waals surface area (Å²) in [5.41, 5.74) is 0.621. The van der Waals surface area contributed by atoms with Gasteiger partial charge in [-0.2, -0.15) is 11.8 Å². The van der Waals surface area contributed by atoms with Crippen LogP contribution in [0.5, 0.6) is 5.75 Å². The third-order valence-corrected chi connectivity index (χ3v) is 5.39. The van der Waals surface area contributed by atoms with Crippen molar-refractivity contribution in [2.75, 3.05) is 19.1 Å². The molecule has 1 aliphatic heterocycles. The maximum Gasteiger partial charge on any atom is 0.341 e. The minimum Gasteiger partial charge on any atom is -0.496 e. The summed E-state index contributed by atoms with van der Waals surface area (Å²) in [4.78, 5) is 18.0. The minimum absolute atomic E-state index is 0.341. The molecule has 0 N–H and O–H groups in total.